The fourth-order valence-corrected chi connectivity index (χ4v) is 3.80. The van der Waals surface area contributed by atoms with Gasteiger partial charge in [-0.15, -0.1) is 5.10 Å². The molecule has 1 aliphatic rings. The Labute approximate surface area is 170 Å². The molecule has 150 valence electrons. The molecule has 1 aromatic carbocycles. The summed E-state index contributed by atoms with van der Waals surface area (Å²) in [6.45, 7) is 4.89. The van der Waals surface area contributed by atoms with Gasteiger partial charge in [0.2, 0.25) is 0 Å². The molecular weight excluding hydrogens is 366 g/mol. The SMILES string of the molecule is CC(=O)Oc1cccc(C2CCN(Cc3cn(Cc4ccccn4)nn3)CC2)c1. The fraction of sp³-hybridized carbons (Fsp3) is 0.364. The molecule has 0 aliphatic carbocycles. The Morgan fingerprint density at radius 2 is 1.97 bits per heavy atom. The highest BCUT2D eigenvalue weighted by molar-refractivity contribution is 5.69. The van der Waals surface area contributed by atoms with E-state index in [4.69, 9.17) is 4.74 Å². The van der Waals surface area contributed by atoms with Crippen molar-refractivity contribution in [2.75, 3.05) is 13.1 Å². The van der Waals surface area contributed by atoms with Gasteiger partial charge in [-0.25, -0.2) is 4.68 Å². The molecule has 0 saturated carbocycles. The highest BCUT2D eigenvalue weighted by Crippen LogP contribution is 2.30. The van der Waals surface area contributed by atoms with E-state index in [0.717, 1.165) is 43.9 Å². The van der Waals surface area contributed by atoms with Gasteiger partial charge in [0.15, 0.2) is 0 Å². The van der Waals surface area contributed by atoms with Crippen LogP contribution in [0, 0.1) is 0 Å². The first-order chi connectivity index (χ1) is 14.2. The van der Waals surface area contributed by atoms with E-state index in [0.29, 0.717) is 18.2 Å². The number of likely N-dealkylation sites (tertiary alicyclic amines) is 1. The highest BCUT2D eigenvalue weighted by atomic mass is 16.5. The van der Waals surface area contributed by atoms with E-state index in [-0.39, 0.29) is 5.97 Å². The van der Waals surface area contributed by atoms with Gasteiger partial charge in [-0.2, -0.15) is 0 Å². The van der Waals surface area contributed by atoms with Crippen molar-refractivity contribution in [1.82, 2.24) is 24.9 Å². The lowest BCUT2D eigenvalue weighted by Crippen LogP contribution is -2.32. The number of nitrogens with zero attached hydrogens (tertiary/aromatic N) is 5. The van der Waals surface area contributed by atoms with Crippen LogP contribution in [0.15, 0.2) is 54.9 Å². The third kappa shape index (κ3) is 5.26. The molecule has 2 aromatic heterocycles. The van der Waals surface area contributed by atoms with Gasteiger partial charge in [0.05, 0.1) is 24.1 Å². The molecule has 3 aromatic rings. The first kappa shape index (κ1) is 19.3. The average Bonchev–Trinajstić information content (AvgIpc) is 3.16. The lowest BCUT2D eigenvalue weighted by atomic mass is 9.89. The summed E-state index contributed by atoms with van der Waals surface area (Å²) in [5.74, 6) is 0.830. The number of esters is 1. The minimum absolute atomic E-state index is 0.284. The van der Waals surface area contributed by atoms with Crippen molar-refractivity contribution in [2.24, 2.45) is 0 Å². The van der Waals surface area contributed by atoms with Crippen LogP contribution in [-0.2, 0) is 17.9 Å². The summed E-state index contributed by atoms with van der Waals surface area (Å²) in [5, 5.41) is 8.55. The number of piperidine rings is 1. The number of rotatable bonds is 6. The summed E-state index contributed by atoms with van der Waals surface area (Å²) < 4.78 is 7.06. The van der Waals surface area contributed by atoms with Crippen LogP contribution in [0.4, 0.5) is 0 Å². The molecule has 3 heterocycles. The Bertz CT molecular complexity index is 949. The minimum Gasteiger partial charge on any atom is -0.427 e. The van der Waals surface area contributed by atoms with Crippen LogP contribution < -0.4 is 4.74 Å². The van der Waals surface area contributed by atoms with Crippen LogP contribution in [0.5, 0.6) is 5.75 Å². The summed E-state index contributed by atoms with van der Waals surface area (Å²) >= 11 is 0. The molecule has 7 heteroatoms. The van der Waals surface area contributed by atoms with E-state index in [1.165, 1.54) is 12.5 Å². The summed E-state index contributed by atoms with van der Waals surface area (Å²) in [5.41, 5.74) is 3.20. The largest absolute Gasteiger partial charge is 0.427 e. The minimum atomic E-state index is -0.284. The Morgan fingerprint density at radius 1 is 1.10 bits per heavy atom. The number of pyridine rings is 1. The monoisotopic (exact) mass is 391 g/mol. The number of carbonyl (C=O) groups excluding carboxylic acids is 1. The van der Waals surface area contributed by atoms with E-state index >= 15 is 0 Å². The zero-order chi connectivity index (χ0) is 20.1. The average molecular weight is 391 g/mol. The van der Waals surface area contributed by atoms with Gasteiger partial charge < -0.3 is 4.74 Å². The van der Waals surface area contributed by atoms with Gasteiger partial charge in [0, 0.05) is 19.7 Å². The molecule has 4 rings (SSSR count). The molecular formula is C22H25N5O2. The van der Waals surface area contributed by atoms with Crippen LogP contribution in [0.2, 0.25) is 0 Å². The van der Waals surface area contributed by atoms with Gasteiger partial charge in [-0.05, 0) is 61.7 Å². The van der Waals surface area contributed by atoms with Crippen molar-refractivity contribution in [2.45, 2.75) is 38.8 Å². The zero-order valence-electron chi connectivity index (χ0n) is 16.6. The third-order valence-electron chi connectivity index (χ3n) is 5.20. The fourth-order valence-electron chi connectivity index (χ4n) is 3.80. The van der Waals surface area contributed by atoms with Gasteiger partial charge in [-0.3, -0.25) is 14.7 Å². The molecule has 7 nitrogen and oxygen atoms in total. The van der Waals surface area contributed by atoms with Crippen molar-refractivity contribution in [3.8, 4) is 5.75 Å². The Morgan fingerprint density at radius 3 is 2.72 bits per heavy atom. The van der Waals surface area contributed by atoms with E-state index in [9.17, 15) is 4.79 Å². The molecule has 0 atom stereocenters. The third-order valence-corrected chi connectivity index (χ3v) is 5.20. The lowest BCUT2D eigenvalue weighted by Gasteiger charge is -2.31. The molecule has 29 heavy (non-hydrogen) atoms. The number of benzene rings is 1. The predicted octanol–water partition coefficient (Wildman–Crippen LogP) is 3.03. The Hall–Kier alpha value is -3.06. The summed E-state index contributed by atoms with van der Waals surface area (Å²) in [7, 11) is 0. The van der Waals surface area contributed by atoms with E-state index in [1.807, 2.05) is 47.3 Å². The van der Waals surface area contributed by atoms with Gasteiger partial charge >= 0.3 is 5.97 Å². The number of aromatic nitrogens is 4. The molecule has 0 radical (unpaired) electrons. The van der Waals surface area contributed by atoms with Crippen molar-refractivity contribution in [3.05, 3.63) is 71.8 Å². The standard InChI is InChI=1S/C22H25N5O2/c1-17(28)29-22-7-4-5-19(13-22)18-8-11-26(12-9-18)14-21-16-27(25-24-21)15-20-6-2-3-10-23-20/h2-7,10,13,16,18H,8-9,11-12,14-15H2,1H3. The van der Waals surface area contributed by atoms with E-state index in [2.05, 4.69) is 26.3 Å². The van der Waals surface area contributed by atoms with Crippen molar-refractivity contribution in [1.29, 1.82) is 0 Å². The predicted molar refractivity (Wildman–Crippen MR) is 108 cm³/mol. The first-order valence-electron chi connectivity index (χ1n) is 9.95. The first-order valence-corrected chi connectivity index (χ1v) is 9.95. The van der Waals surface area contributed by atoms with Gasteiger partial charge in [-0.1, -0.05) is 23.4 Å². The maximum absolute atomic E-state index is 11.2. The maximum atomic E-state index is 11.2. The van der Waals surface area contributed by atoms with Crippen molar-refractivity contribution in [3.63, 3.8) is 0 Å². The van der Waals surface area contributed by atoms with Crippen LogP contribution in [0.1, 0.15) is 42.6 Å². The Kier molecular flexibility index (Phi) is 5.95. The molecule has 1 aliphatic heterocycles. The molecule has 0 spiro atoms. The normalized spacial score (nSPS) is 15.3. The molecule has 1 fully saturated rings. The molecule has 0 N–H and O–H groups in total. The molecule has 0 amide bonds. The number of carbonyl (C=O) groups is 1. The second-order valence-electron chi connectivity index (χ2n) is 7.45. The summed E-state index contributed by atoms with van der Waals surface area (Å²) in [6.07, 6.45) is 5.94. The molecule has 1 saturated heterocycles. The van der Waals surface area contributed by atoms with E-state index < -0.39 is 0 Å². The van der Waals surface area contributed by atoms with Gasteiger partial charge in [0.1, 0.15) is 5.75 Å². The molecule has 0 unspecified atom stereocenters. The number of ether oxygens (including phenoxy) is 1. The topological polar surface area (TPSA) is 73.1 Å². The second kappa shape index (κ2) is 8.96. The maximum Gasteiger partial charge on any atom is 0.308 e. The number of hydrogen-bond donors (Lipinski definition) is 0. The van der Waals surface area contributed by atoms with Crippen molar-refractivity contribution < 1.29 is 9.53 Å². The van der Waals surface area contributed by atoms with Crippen LogP contribution >= 0.6 is 0 Å². The van der Waals surface area contributed by atoms with E-state index in [1.54, 1.807) is 6.20 Å². The second-order valence-corrected chi connectivity index (χ2v) is 7.45. The Balaban J connectivity index is 1.30. The number of hydrogen-bond acceptors (Lipinski definition) is 6. The zero-order valence-corrected chi connectivity index (χ0v) is 16.6. The smallest absolute Gasteiger partial charge is 0.308 e. The van der Waals surface area contributed by atoms with Crippen LogP contribution in [0.3, 0.4) is 0 Å². The van der Waals surface area contributed by atoms with Gasteiger partial charge in [0.25, 0.3) is 0 Å². The summed E-state index contributed by atoms with van der Waals surface area (Å²) in [4.78, 5) is 17.9. The van der Waals surface area contributed by atoms with Crippen LogP contribution in [0.25, 0.3) is 0 Å². The van der Waals surface area contributed by atoms with Crippen LogP contribution in [-0.4, -0.2) is 43.9 Å². The van der Waals surface area contributed by atoms with Crippen molar-refractivity contribution >= 4 is 5.97 Å². The quantitative estimate of drug-likeness (QED) is 0.475. The summed E-state index contributed by atoms with van der Waals surface area (Å²) in [6, 6.07) is 13.8. The lowest BCUT2D eigenvalue weighted by molar-refractivity contribution is -0.131. The molecule has 0 bridgehead atoms. The highest BCUT2D eigenvalue weighted by Gasteiger charge is 2.22.